The van der Waals surface area contributed by atoms with Gasteiger partial charge in [-0.3, -0.25) is 0 Å². The first-order valence-corrected chi connectivity index (χ1v) is 6.67. The standard InChI is InChI=1S/C15H26O2/c1-4-6-7-8-9-10-11-12-13-17-15(16)14(3)5-2/h5,9-10H,4,6-8,11-13H2,1-3H3/b10-9-,14-5+. The van der Waals surface area contributed by atoms with Crippen LogP contribution in [0.4, 0.5) is 0 Å². The van der Waals surface area contributed by atoms with E-state index in [-0.39, 0.29) is 5.97 Å². The van der Waals surface area contributed by atoms with Crippen LogP contribution >= 0.6 is 0 Å². The predicted octanol–water partition coefficient (Wildman–Crippen LogP) is 4.41. The number of carbonyl (C=O) groups is 1. The first-order chi connectivity index (χ1) is 8.22. The van der Waals surface area contributed by atoms with Crippen LogP contribution in [-0.2, 0) is 9.53 Å². The molecule has 0 aliphatic heterocycles. The highest BCUT2D eigenvalue weighted by Gasteiger charge is 2.02. The summed E-state index contributed by atoms with van der Waals surface area (Å²) in [5.41, 5.74) is 0.681. The van der Waals surface area contributed by atoms with E-state index >= 15 is 0 Å². The van der Waals surface area contributed by atoms with Crippen LogP contribution < -0.4 is 0 Å². The van der Waals surface area contributed by atoms with Gasteiger partial charge in [-0.05, 0) is 39.5 Å². The molecule has 0 unspecified atom stereocenters. The summed E-state index contributed by atoms with van der Waals surface area (Å²) >= 11 is 0. The zero-order valence-corrected chi connectivity index (χ0v) is 11.5. The van der Waals surface area contributed by atoms with E-state index in [4.69, 9.17) is 4.74 Å². The Kier molecular flexibility index (Phi) is 10.7. The lowest BCUT2D eigenvalue weighted by atomic mass is 10.2. The van der Waals surface area contributed by atoms with Gasteiger partial charge in [-0.15, -0.1) is 0 Å². The lowest BCUT2D eigenvalue weighted by Crippen LogP contribution is -2.06. The normalized spacial score (nSPS) is 12.1. The summed E-state index contributed by atoms with van der Waals surface area (Å²) in [6.45, 7) is 6.35. The van der Waals surface area contributed by atoms with Crippen LogP contribution in [-0.4, -0.2) is 12.6 Å². The number of allylic oxidation sites excluding steroid dienone is 3. The minimum absolute atomic E-state index is 0.195. The van der Waals surface area contributed by atoms with Gasteiger partial charge >= 0.3 is 5.97 Å². The second-order valence-electron chi connectivity index (χ2n) is 4.22. The number of carbonyl (C=O) groups excluding carboxylic acids is 1. The van der Waals surface area contributed by atoms with Gasteiger partial charge in [0.1, 0.15) is 0 Å². The van der Waals surface area contributed by atoms with Gasteiger partial charge in [-0.25, -0.2) is 4.79 Å². The molecule has 0 N–H and O–H groups in total. The highest BCUT2D eigenvalue weighted by atomic mass is 16.5. The van der Waals surface area contributed by atoms with Crippen molar-refractivity contribution in [2.75, 3.05) is 6.61 Å². The van der Waals surface area contributed by atoms with Gasteiger partial charge < -0.3 is 4.74 Å². The maximum absolute atomic E-state index is 11.3. The molecule has 0 aliphatic rings. The fourth-order valence-electron chi connectivity index (χ4n) is 1.35. The Morgan fingerprint density at radius 1 is 1.12 bits per heavy atom. The van der Waals surface area contributed by atoms with Crippen LogP contribution in [0, 0.1) is 0 Å². The molecular weight excluding hydrogens is 212 g/mol. The molecule has 0 aromatic rings. The Morgan fingerprint density at radius 3 is 2.35 bits per heavy atom. The molecule has 0 fully saturated rings. The summed E-state index contributed by atoms with van der Waals surface area (Å²) in [6, 6.07) is 0. The summed E-state index contributed by atoms with van der Waals surface area (Å²) in [5, 5.41) is 0. The summed E-state index contributed by atoms with van der Waals surface area (Å²) < 4.78 is 5.10. The van der Waals surface area contributed by atoms with E-state index < -0.39 is 0 Å². The molecule has 0 rings (SSSR count). The molecule has 0 aromatic heterocycles. The molecule has 98 valence electrons. The van der Waals surface area contributed by atoms with Crippen LogP contribution in [0.15, 0.2) is 23.8 Å². The average Bonchev–Trinajstić information content (AvgIpc) is 2.35. The fraction of sp³-hybridized carbons (Fsp3) is 0.667. The quantitative estimate of drug-likeness (QED) is 0.257. The second-order valence-corrected chi connectivity index (χ2v) is 4.22. The number of ether oxygens (including phenoxy) is 1. The number of unbranched alkanes of at least 4 members (excludes halogenated alkanes) is 4. The molecule has 0 spiro atoms. The minimum atomic E-state index is -0.195. The SMILES string of the molecule is C/C=C(\C)C(=O)OCCC/C=C\CCCCC. The van der Waals surface area contributed by atoms with Crippen LogP contribution in [0.5, 0.6) is 0 Å². The lowest BCUT2D eigenvalue weighted by molar-refractivity contribution is -0.139. The zero-order valence-electron chi connectivity index (χ0n) is 11.5. The highest BCUT2D eigenvalue weighted by Crippen LogP contribution is 2.02. The first kappa shape index (κ1) is 16.0. The fourth-order valence-corrected chi connectivity index (χ4v) is 1.35. The van der Waals surface area contributed by atoms with E-state index in [0.29, 0.717) is 12.2 Å². The van der Waals surface area contributed by atoms with Gasteiger partial charge in [0.05, 0.1) is 6.61 Å². The molecule has 0 radical (unpaired) electrons. The van der Waals surface area contributed by atoms with Crippen LogP contribution in [0.25, 0.3) is 0 Å². The first-order valence-electron chi connectivity index (χ1n) is 6.67. The molecule has 0 heterocycles. The smallest absolute Gasteiger partial charge is 0.333 e. The Balaban J connectivity index is 3.37. The van der Waals surface area contributed by atoms with Gasteiger partial charge in [0, 0.05) is 5.57 Å². The molecule has 0 bridgehead atoms. The third kappa shape index (κ3) is 9.86. The Labute approximate surface area is 106 Å². The summed E-state index contributed by atoms with van der Waals surface area (Å²) in [7, 11) is 0. The molecule has 0 saturated heterocycles. The number of rotatable bonds is 9. The summed E-state index contributed by atoms with van der Waals surface area (Å²) in [4.78, 5) is 11.3. The van der Waals surface area contributed by atoms with Gasteiger partial charge in [0.2, 0.25) is 0 Å². The van der Waals surface area contributed by atoms with Crippen molar-refractivity contribution in [3.05, 3.63) is 23.8 Å². The zero-order chi connectivity index (χ0) is 12.9. The topological polar surface area (TPSA) is 26.3 Å². The molecule has 0 aliphatic carbocycles. The molecule has 0 aromatic carbocycles. The maximum atomic E-state index is 11.3. The van der Waals surface area contributed by atoms with Crippen molar-refractivity contribution in [3.8, 4) is 0 Å². The highest BCUT2D eigenvalue weighted by molar-refractivity contribution is 5.87. The number of esters is 1. The molecule has 0 amide bonds. The molecule has 17 heavy (non-hydrogen) atoms. The second kappa shape index (κ2) is 11.4. The molecule has 2 nitrogen and oxygen atoms in total. The van der Waals surface area contributed by atoms with E-state index in [9.17, 15) is 4.79 Å². The maximum Gasteiger partial charge on any atom is 0.333 e. The van der Waals surface area contributed by atoms with Gasteiger partial charge in [-0.1, -0.05) is 38.0 Å². The van der Waals surface area contributed by atoms with Crippen molar-refractivity contribution < 1.29 is 9.53 Å². The lowest BCUT2D eigenvalue weighted by Gasteiger charge is -2.02. The van der Waals surface area contributed by atoms with Crippen molar-refractivity contribution >= 4 is 5.97 Å². The van der Waals surface area contributed by atoms with E-state index in [1.165, 1.54) is 25.7 Å². The predicted molar refractivity (Wildman–Crippen MR) is 72.9 cm³/mol. The largest absolute Gasteiger partial charge is 0.462 e. The van der Waals surface area contributed by atoms with Crippen LogP contribution in [0.3, 0.4) is 0 Å². The Bertz CT molecular complexity index is 252. The van der Waals surface area contributed by atoms with Gasteiger partial charge in [0.15, 0.2) is 0 Å². The molecular formula is C15H26O2. The third-order valence-corrected chi connectivity index (χ3v) is 2.64. The van der Waals surface area contributed by atoms with Crippen molar-refractivity contribution in [3.63, 3.8) is 0 Å². The Hall–Kier alpha value is -1.05. The van der Waals surface area contributed by atoms with Crippen LogP contribution in [0.2, 0.25) is 0 Å². The van der Waals surface area contributed by atoms with E-state index in [1.54, 1.807) is 13.0 Å². The Morgan fingerprint density at radius 2 is 1.76 bits per heavy atom. The van der Waals surface area contributed by atoms with Crippen molar-refractivity contribution in [2.45, 2.75) is 59.3 Å². The molecule has 0 atom stereocenters. The monoisotopic (exact) mass is 238 g/mol. The number of hydrogen-bond acceptors (Lipinski definition) is 2. The van der Waals surface area contributed by atoms with Crippen LogP contribution in [0.1, 0.15) is 59.3 Å². The summed E-state index contributed by atoms with van der Waals surface area (Å²) in [6.07, 6.45) is 13.1. The van der Waals surface area contributed by atoms with Crippen molar-refractivity contribution in [2.24, 2.45) is 0 Å². The summed E-state index contributed by atoms with van der Waals surface area (Å²) in [5.74, 6) is -0.195. The average molecular weight is 238 g/mol. The van der Waals surface area contributed by atoms with Crippen molar-refractivity contribution in [1.82, 2.24) is 0 Å². The van der Waals surface area contributed by atoms with E-state index in [1.807, 2.05) is 6.92 Å². The molecule has 0 saturated carbocycles. The van der Waals surface area contributed by atoms with E-state index in [0.717, 1.165) is 12.8 Å². The van der Waals surface area contributed by atoms with Gasteiger partial charge in [-0.2, -0.15) is 0 Å². The van der Waals surface area contributed by atoms with Gasteiger partial charge in [0.25, 0.3) is 0 Å². The number of hydrogen-bond donors (Lipinski definition) is 0. The molecule has 2 heteroatoms. The van der Waals surface area contributed by atoms with Crippen molar-refractivity contribution in [1.29, 1.82) is 0 Å². The van der Waals surface area contributed by atoms with E-state index in [2.05, 4.69) is 19.1 Å². The third-order valence-electron chi connectivity index (χ3n) is 2.64. The minimum Gasteiger partial charge on any atom is -0.462 e.